The standard InChI is InChI=1S/C16H24N2O2/c1-14-3-5-15(6-4-14)13-18-9-2-8-17(11-12-18)10-7-16(19)20/h3-6H,2,7-13H2,1H3,(H,19,20). The van der Waals surface area contributed by atoms with E-state index in [2.05, 4.69) is 41.0 Å². The van der Waals surface area contributed by atoms with Crippen LogP contribution in [0.5, 0.6) is 0 Å². The summed E-state index contributed by atoms with van der Waals surface area (Å²) in [6, 6.07) is 8.71. The van der Waals surface area contributed by atoms with Crippen molar-refractivity contribution in [2.45, 2.75) is 26.3 Å². The highest BCUT2D eigenvalue weighted by molar-refractivity contribution is 5.66. The van der Waals surface area contributed by atoms with Crippen molar-refractivity contribution in [1.82, 2.24) is 9.80 Å². The summed E-state index contributed by atoms with van der Waals surface area (Å²) in [6.45, 7) is 7.87. The number of carboxylic acid groups (broad SMARTS) is 1. The van der Waals surface area contributed by atoms with Gasteiger partial charge in [-0.05, 0) is 32.0 Å². The molecule has 1 aromatic carbocycles. The molecule has 0 saturated carbocycles. The third kappa shape index (κ3) is 4.94. The van der Waals surface area contributed by atoms with Gasteiger partial charge < -0.3 is 10.0 Å². The number of aliphatic carboxylic acids is 1. The number of hydrogen-bond acceptors (Lipinski definition) is 3. The lowest BCUT2D eigenvalue weighted by Crippen LogP contribution is -2.31. The Bertz CT molecular complexity index is 431. The summed E-state index contributed by atoms with van der Waals surface area (Å²) in [4.78, 5) is 15.4. The molecule has 0 spiro atoms. The number of rotatable bonds is 5. The first-order chi connectivity index (χ1) is 9.63. The maximum absolute atomic E-state index is 10.6. The summed E-state index contributed by atoms with van der Waals surface area (Å²) in [5, 5.41) is 8.75. The highest BCUT2D eigenvalue weighted by Gasteiger charge is 2.15. The van der Waals surface area contributed by atoms with Crippen LogP contribution in [0.2, 0.25) is 0 Å². The highest BCUT2D eigenvalue weighted by Crippen LogP contribution is 2.10. The quantitative estimate of drug-likeness (QED) is 0.893. The Labute approximate surface area is 121 Å². The van der Waals surface area contributed by atoms with Gasteiger partial charge in [0.1, 0.15) is 0 Å². The average Bonchev–Trinajstić information content (AvgIpc) is 2.64. The van der Waals surface area contributed by atoms with Crippen LogP contribution in [-0.4, -0.2) is 53.6 Å². The van der Waals surface area contributed by atoms with Crippen LogP contribution in [0.25, 0.3) is 0 Å². The predicted molar refractivity (Wildman–Crippen MR) is 79.8 cm³/mol. The van der Waals surface area contributed by atoms with Gasteiger partial charge in [0.25, 0.3) is 0 Å². The molecule has 4 nitrogen and oxygen atoms in total. The second-order valence-electron chi connectivity index (χ2n) is 5.60. The fraction of sp³-hybridized carbons (Fsp3) is 0.562. The first-order valence-electron chi connectivity index (χ1n) is 7.35. The Balaban J connectivity index is 1.80. The van der Waals surface area contributed by atoms with Crippen LogP contribution in [0.1, 0.15) is 24.0 Å². The second-order valence-corrected chi connectivity index (χ2v) is 5.60. The number of carboxylic acids is 1. The molecule has 0 unspecified atom stereocenters. The smallest absolute Gasteiger partial charge is 0.304 e. The summed E-state index contributed by atoms with van der Waals surface area (Å²) in [7, 11) is 0. The van der Waals surface area contributed by atoms with E-state index in [4.69, 9.17) is 5.11 Å². The first kappa shape index (κ1) is 15.0. The lowest BCUT2D eigenvalue weighted by Gasteiger charge is -2.21. The molecule has 1 aromatic rings. The van der Waals surface area contributed by atoms with E-state index in [-0.39, 0.29) is 6.42 Å². The lowest BCUT2D eigenvalue weighted by molar-refractivity contribution is -0.137. The largest absolute Gasteiger partial charge is 0.481 e. The van der Waals surface area contributed by atoms with Crippen molar-refractivity contribution in [2.24, 2.45) is 0 Å². The zero-order chi connectivity index (χ0) is 14.4. The van der Waals surface area contributed by atoms with Crippen LogP contribution < -0.4 is 0 Å². The van der Waals surface area contributed by atoms with Crippen molar-refractivity contribution >= 4 is 5.97 Å². The first-order valence-corrected chi connectivity index (χ1v) is 7.35. The number of nitrogens with zero attached hydrogens (tertiary/aromatic N) is 2. The van der Waals surface area contributed by atoms with Crippen molar-refractivity contribution in [3.05, 3.63) is 35.4 Å². The van der Waals surface area contributed by atoms with Crippen LogP contribution >= 0.6 is 0 Å². The Morgan fingerprint density at radius 3 is 2.45 bits per heavy atom. The van der Waals surface area contributed by atoms with Gasteiger partial charge >= 0.3 is 5.97 Å². The van der Waals surface area contributed by atoms with E-state index >= 15 is 0 Å². The van der Waals surface area contributed by atoms with Gasteiger partial charge in [0.2, 0.25) is 0 Å². The zero-order valence-corrected chi connectivity index (χ0v) is 12.2. The van der Waals surface area contributed by atoms with Crippen molar-refractivity contribution in [1.29, 1.82) is 0 Å². The molecule has 4 heteroatoms. The molecule has 1 heterocycles. The minimum atomic E-state index is -0.703. The Morgan fingerprint density at radius 2 is 1.75 bits per heavy atom. The molecule has 1 saturated heterocycles. The molecular weight excluding hydrogens is 252 g/mol. The number of benzene rings is 1. The van der Waals surface area contributed by atoms with E-state index < -0.39 is 5.97 Å². The zero-order valence-electron chi connectivity index (χ0n) is 12.2. The molecule has 0 bridgehead atoms. The van der Waals surface area contributed by atoms with Crippen molar-refractivity contribution in [3.63, 3.8) is 0 Å². The topological polar surface area (TPSA) is 43.8 Å². The monoisotopic (exact) mass is 276 g/mol. The average molecular weight is 276 g/mol. The number of carbonyl (C=O) groups is 1. The van der Waals surface area contributed by atoms with Gasteiger partial charge in [0, 0.05) is 26.2 Å². The lowest BCUT2D eigenvalue weighted by atomic mass is 10.1. The van der Waals surface area contributed by atoms with Crippen LogP contribution in [0.15, 0.2) is 24.3 Å². The molecule has 1 aliphatic heterocycles. The highest BCUT2D eigenvalue weighted by atomic mass is 16.4. The predicted octanol–water partition coefficient (Wildman–Crippen LogP) is 1.98. The molecular formula is C16H24N2O2. The van der Waals surface area contributed by atoms with E-state index in [9.17, 15) is 4.79 Å². The van der Waals surface area contributed by atoms with Crippen LogP contribution in [0.4, 0.5) is 0 Å². The Morgan fingerprint density at radius 1 is 1.10 bits per heavy atom. The van der Waals surface area contributed by atoms with Crippen LogP contribution in [0, 0.1) is 6.92 Å². The number of aryl methyl sites for hydroxylation is 1. The fourth-order valence-electron chi connectivity index (χ4n) is 2.61. The summed E-state index contributed by atoms with van der Waals surface area (Å²) >= 11 is 0. The van der Waals surface area contributed by atoms with Gasteiger partial charge in [-0.1, -0.05) is 29.8 Å². The molecule has 1 N–H and O–H groups in total. The van der Waals surface area contributed by atoms with Crippen molar-refractivity contribution in [3.8, 4) is 0 Å². The minimum absolute atomic E-state index is 0.248. The minimum Gasteiger partial charge on any atom is -0.481 e. The van der Waals surface area contributed by atoms with Gasteiger partial charge in [0.05, 0.1) is 6.42 Å². The third-order valence-electron chi connectivity index (χ3n) is 3.85. The summed E-state index contributed by atoms with van der Waals surface area (Å²) < 4.78 is 0. The molecule has 0 radical (unpaired) electrons. The van der Waals surface area contributed by atoms with Crippen LogP contribution in [0.3, 0.4) is 0 Å². The Kier molecular flexibility index (Phi) is 5.56. The molecule has 0 aliphatic carbocycles. The summed E-state index contributed by atoms with van der Waals surface area (Å²) in [5.74, 6) is -0.703. The van der Waals surface area contributed by atoms with Gasteiger partial charge in [-0.2, -0.15) is 0 Å². The van der Waals surface area contributed by atoms with Crippen molar-refractivity contribution in [2.75, 3.05) is 32.7 Å². The molecule has 0 atom stereocenters. The summed E-state index contributed by atoms with van der Waals surface area (Å²) in [6.07, 6.45) is 1.36. The van der Waals surface area contributed by atoms with Crippen molar-refractivity contribution < 1.29 is 9.90 Å². The van der Waals surface area contributed by atoms with Crippen LogP contribution in [-0.2, 0) is 11.3 Å². The SMILES string of the molecule is Cc1ccc(CN2CCCN(CCC(=O)O)CC2)cc1. The van der Waals surface area contributed by atoms with Gasteiger partial charge in [0.15, 0.2) is 0 Å². The van der Waals surface area contributed by atoms with Gasteiger partial charge in [-0.3, -0.25) is 9.69 Å². The number of hydrogen-bond donors (Lipinski definition) is 1. The molecule has 1 aliphatic rings. The molecule has 1 fully saturated rings. The van der Waals surface area contributed by atoms with E-state index in [1.165, 1.54) is 11.1 Å². The van der Waals surface area contributed by atoms with Gasteiger partial charge in [-0.25, -0.2) is 0 Å². The maximum atomic E-state index is 10.6. The van der Waals surface area contributed by atoms with E-state index in [0.29, 0.717) is 6.54 Å². The molecule has 20 heavy (non-hydrogen) atoms. The second kappa shape index (κ2) is 7.41. The fourth-order valence-corrected chi connectivity index (χ4v) is 2.61. The molecule has 0 aromatic heterocycles. The Hall–Kier alpha value is -1.39. The summed E-state index contributed by atoms with van der Waals surface area (Å²) in [5.41, 5.74) is 2.65. The third-order valence-corrected chi connectivity index (χ3v) is 3.85. The van der Waals surface area contributed by atoms with E-state index in [1.54, 1.807) is 0 Å². The molecule has 0 amide bonds. The normalized spacial score (nSPS) is 17.9. The molecule has 110 valence electrons. The van der Waals surface area contributed by atoms with E-state index in [1.807, 2.05) is 0 Å². The maximum Gasteiger partial charge on any atom is 0.304 e. The van der Waals surface area contributed by atoms with Gasteiger partial charge in [-0.15, -0.1) is 0 Å². The molecule has 2 rings (SSSR count). The van der Waals surface area contributed by atoms with E-state index in [0.717, 1.165) is 39.1 Å².